The maximum absolute atomic E-state index is 12.0. The molecule has 9 heteroatoms. The fraction of sp³-hybridized carbons (Fsp3) is 0.158. The fourth-order valence-corrected chi connectivity index (χ4v) is 2.49. The third-order valence-corrected chi connectivity index (χ3v) is 4.31. The lowest BCUT2D eigenvalue weighted by atomic mass is 10.2. The summed E-state index contributed by atoms with van der Waals surface area (Å²) in [5.41, 5.74) is 6.54. The molecule has 2 aromatic rings. The van der Waals surface area contributed by atoms with Gasteiger partial charge in [-0.2, -0.15) is 0 Å². The standard InChI is InChI=1S/C19H19ClN4O3S/c1-12-14(20)8-5-9-15(12)21-16(25)10-11-17(26)23-24-19(28)22-18(27)13-6-3-2-4-7-13/h2-9H,10-11H2,1H3,(H,21,25)(H,23,26)(H2,22,24,27,28). The van der Waals surface area contributed by atoms with Gasteiger partial charge in [0.1, 0.15) is 0 Å². The molecule has 0 spiro atoms. The molecule has 0 fully saturated rings. The smallest absolute Gasteiger partial charge is 0.257 e. The van der Waals surface area contributed by atoms with Gasteiger partial charge in [-0.25, -0.2) is 0 Å². The van der Waals surface area contributed by atoms with Crippen LogP contribution in [0.2, 0.25) is 5.02 Å². The molecule has 0 saturated carbocycles. The number of rotatable bonds is 5. The van der Waals surface area contributed by atoms with Crippen LogP contribution < -0.4 is 21.5 Å². The Morgan fingerprint density at radius 2 is 1.61 bits per heavy atom. The van der Waals surface area contributed by atoms with Gasteiger partial charge in [-0.3, -0.25) is 30.6 Å². The summed E-state index contributed by atoms with van der Waals surface area (Å²) < 4.78 is 0. The first-order valence-electron chi connectivity index (χ1n) is 8.37. The van der Waals surface area contributed by atoms with Crippen LogP contribution in [0.25, 0.3) is 0 Å². The SMILES string of the molecule is Cc1c(Cl)cccc1NC(=O)CCC(=O)NNC(=S)NC(=O)c1ccccc1. The lowest BCUT2D eigenvalue weighted by Crippen LogP contribution is -2.48. The van der Waals surface area contributed by atoms with Crippen LogP contribution in [0.4, 0.5) is 5.69 Å². The van der Waals surface area contributed by atoms with Crippen molar-refractivity contribution >= 4 is 52.3 Å². The molecule has 0 bridgehead atoms. The predicted molar refractivity (Wildman–Crippen MR) is 112 cm³/mol. The highest BCUT2D eigenvalue weighted by Gasteiger charge is 2.11. The zero-order valence-electron chi connectivity index (χ0n) is 15.0. The number of anilines is 1. The van der Waals surface area contributed by atoms with Crippen molar-refractivity contribution in [1.29, 1.82) is 0 Å². The van der Waals surface area contributed by atoms with Gasteiger partial charge in [0, 0.05) is 29.1 Å². The van der Waals surface area contributed by atoms with Gasteiger partial charge in [-0.05, 0) is 49.0 Å². The number of amides is 3. The van der Waals surface area contributed by atoms with Crippen LogP contribution in [0.5, 0.6) is 0 Å². The second kappa shape index (κ2) is 10.4. The van der Waals surface area contributed by atoms with Crippen LogP contribution >= 0.6 is 23.8 Å². The Labute approximate surface area is 172 Å². The minimum Gasteiger partial charge on any atom is -0.326 e. The highest BCUT2D eigenvalue weighted by molar-refractivity contribution is 7.80. The number of carbonyl (C=O) groups is 3. The molecule has 0 atom stereocenters. The van der Waals surface area contributed by atoms with Gasteiger partial charge >= 0.3 is 0 Å². The molecule has 0 radical (unpaired) electrons. The van der Waals surface area contributed by atoms with Crippen molar-refractivity contribution < 1.29 is 14.4 Å². The molecule has 0 aliphatic carbocycles. The van der Waals surface area contributed by atoms with Crippen molar-refractivity contribution in [2.24, 2.45) is 0 Å². The Hall–Kier alpha value is -2.97. The van der Waals surface area contributed by atoms with Crippen LogP contribution in [0.1, 0.15) is 28.8 Å². The van der Waals surface area contributed by atoms with E-state index in [0.29, 0.717) is 16.3 Å². The van der Waals surface area contributed by atoms with E-state index >= 15 is 0 Å². The van der Waals surface area contributed by atoms with Crippen molar-refractivity contribution in [3.05, 3.63) is 64.7 Å². The topological polar surface area (TPSA) is 99.3 Å². The zero-order valence-corrected chi connectivity index (χ0v) is 16.6. The van der Waals surface area contributed by atoms with Crippen molar-refractivity contribution in [3.63, 3.8) is 0 Å². The Kier molecular flexibility index (Phi) is 7.91. The van der Waals surface area contributed by atoms with Crippen molar-refractivity contribution in [1.82, 2.24) is 16.2 Å². The van der Waals surface area contributed by atoms with Crippen molar-refractivity contribution in [3.8, 4) is 0 Å². The molecular weight excluding hydrogens is 400 g/mol. The van der Waals surface area contributed by atoms with Crippen molar-refractivity contribution in [2.45, 2.75) is 19.8 Å². The van der Waals surface area contributed by atoms with E-state index in [9.17, 15) is 14.4 Å². The summed E-state index contributed by atoms with van der Waals surface area (Å²) >= 11 is 11.0. The van der Waals surface area contributed by atoms with E-state index < -0.39 is 11.8 Å². The summed E-state index contributed by atoms with van der Waals surface area (Å²) in [5.74, 6) is -1.17. The van der Waals surface area contributed by atoms with E-state index in [-0.39, 0.29) is 23.9 Å². The van der Waals surface area contributed by atoms with Crippen LogP contribution in [-0.4, -0.2) is 22.8 Å². The number of carbonyl (C=O) groups excluding carboxylic acids is 3. The number of hydrogen-bond acceptors (Lipinski definition) is 4. The van der Waals surface area contributed by atoms with E-state index in [2.05, 4.69) is 21.5 Å². The van der Waals surface area contributed by atoms with Gasteiger partial charge in [0.2, 0.25) is 11.8 Å². The first-order chi connectivity index (χ1) is 13.4. The van der Waals surface area contributed by atoms with Crippen LogP contribution in [0, 0.1) is 6.92 Å². The number of benzene rings is 2. The largest absolute Gasteiger partial charge is 0.326 e. The van der Waals surface area contributed by atoms with Crippen LogP contribution in [0.15, 0.2) is 48.5 Å². The Morgan fingerprint density at radius 1 is 0.929 bits per heavy atom. The molecule has 0 aromatic heterocycles. The lowest BCUT2D eigenvalue weighted by molar-refractivity contribution is -0.124. The number of thiocarbonyl (C=S) groups is 1. The molecule has 0 saturated heterocycles. The molecule has 2 aromatic carbocycles. The summed E-state index contributed by atoms with van der Waals surface area (Å²) in [6.45, 7) is 1.79. The fourth-order valence-electron chi connectivity index (χ4n) is 2.17. The van der Waals surface area contributed by atoms with Crippen LogP contribution in [-0.2, 0) is 9.59 Å². The van der Waals surface area contributed by atoms with Gasteiger partial charge in [-0.1, -0.05) is 35.9 Å². The normalized spacial score (nSPS) is 9.93. The highest BCUT2D eigenvalue weighted by atomic mass is 35.5. The quantitative estimate of drug-likeness (QED) is 0.442. The van der Waals surface area contributed by atoms with Crippen LogP contribution in [0.3, 0.4) is 0 Å². The first kappa shape index (κ1) is 21.3. The number of hydrazine groups is 1. The molecule has 0 heterocycles. The second-order valence-corrected chi connectivity index (χ2v) is 6.60. The summed E-state index contributed by atoms with van der Waals surface area (Å²) in [4.78, 5) is 35.7. The third-order valence-electron chi connectivity index (χ3n) is 3.70. The molecule has 0 aliphatic rings. The maximum atomic E-state index is 12.0. The molecule has 0 aliphatic heterocycles. The van der Waals surface area contributed by atoms with Crippen molar-refractivity contribution in [2.75, 3.05) is 5.32 Å². The zero-order chi connectivity index (χ0) is 20.5. The second-order valence-electron chi connectivity index (χ2n) is 5.78. The minimum absolute atomic E-state index is 0.0252. The summed E-state index contributed by atoms with van der Waals surface area (Å²) in [6, 6.07) is 13.7. The average Bonchev–Trinajstić information content (AvgIpc) is 2.69. The molecule has 4 N–H and O–H groups in total. The summed E-state index contributed by atoms with van der Waals surface area (Å²) in [7, 11) is 0. The molecular formula is C19H19ClN4O3S. The van der Waals surface area contributed by atoms with Gasteiger partial charge in [-0.15, -0.1) is 0 Å². The molecule has 7 nitrogen and oxygen atoms in total. The first-order valence-corrected chi connectivity index (χ1v) is 9.15. The highest BCUT2D eigenvalue weighted by Crippen LogP contribution is 2.23. The molecule has 3 amide bonds. The van der Waals surface area contributed by atoms with Gasteiger partial charge in [0.05, 0.1) is 0 Å². The van der Waals surface area contributed by atoms with E-state index in [0.717, 1.165) is 5.56 Å². The van der Waals surface area contributed by atoms with E-state index in [1.807, 2.05) is 0 Å². The predicted octanol–water partition coefficient (Wildman–Crippen LogP) is 2.70. The average molecular weight is 419 g/mol. The van der Waals surface area contributed by atoms with Gasteiger partial charge < -0.3 is 5.32 Å². The number of halogens is 1. The minimum atomic E-state index is -0.450. The maximum Gasteiger partial charge on any atom is 0.257 e. The van der Waals surface area contributed by atoms with Gasteiger partial charge in [0.25, 0.3) is 5.91 Å². The number of nitrogens with one attached hydrogen (secondary N) is 4. The summed E-state index contributed by atoms with van der Waals surface area (Å²) in [6.07, 6.45) is -0.0870. The van der Waals surface area contributed by atoms with E-state index in [1.165, 1.54) is 0 Å². The van der Waals surface area contributed by atoms with E-state index in [1.54, 1.807) is 55.5 Å². The Morgan fingerprint density at radius 3 is 2.32 bits per heavy atom. The van der Waals surface area contributed by atoms with E-state index in [4.69, 9.17) is 23.8 Å². The molecule has 28 heavy (non-hydrogen) atoms. The summed E-state index contributed by atoms with van der Waals surface area (Å²) in [5, 5.41) is 5.64. The van der Waals surface area contributed by atoms with Gasteiger partial charge in [0.15, 0.2) is 5.11 Å². The third kappa shape index (κ3) is 6.64. The monoisotopic (exact) mass is 418 g/mol. The lowest BCUT2D eigenvalue weighted by Gasteiger charge is -2.11. The Balaban J connectivity index is 1.70. The number of hydrogen-bond donors (Lipinski definition) is 4. The molecule has 146 valence electrons. The Bertz CT molecular complexity index is 890. The molecule has 0 unspecified atom stereocenters. The molecule has 2 rings (SSSR count).